The topological polar surface area (TPSA) is 38.9 Å². The molecule has 0 saturated heterocycles. The van der Waals surface area contributed by atoms with Gasteiger partial charge >= 0.3 is 0 Å². The fourth-order valence-electron chi connectivity index (χ4n) is 2.11. The molecule has 0 unspecified atom stereocenters. The Balaban J connectivity index is 2.29. The van der Waals surface area contributed by atoms with Crippen LogP contribution in [0.2, 0.25) is 0 Å². The lowest BCUT2D eigenvalue weighted by Crippen LogP contribution is -2.02. The zero-order valence-electron chi connectivity index (χ0n) is 11.1. The van der Waals surface area contributed by atoms with Gasteiger partial charge in [-0.2, -0.15) is 0 Å². The summed E-state index contributed by atoms with van der Waals surface area (Å²) in [6, 6.07) is 8.78. The summed E-state index contributed by atoms with van der Waals surface area (Å²) >= 11 is 1.76. The van der Waals surface area contributed by atoms with Crippen LogP contribution < -0.4 is 5.73 Å². The highest BCUT2D eigenvalue weighted by molar-refractivity contribution is 7.12. The predicted molar refractivity (Wildman–Crippen MR) is 79.0 cm³/mol. The number of hydrogen-bond donors (Lipinski definition) is 1. The molecule has 0 aliphatic rings. The van der Waals surface area contributed by atoms with E-state index in [0.717, 1.165) is 23.5 Å². The van der Waals surface area contributed by atoms with E-state index in [0.29, 0.717) is 6.54 Å². The van der Waals surface area contributed by atoms with E-state index in [2.05, 4.69) is 43.1 Å². The lowest BCUT2D eigenvalue weighted by Gasteiger charge is -2.03. The average molecular weight is 260 g/mol. The number of nitrogens with zero attached hydrogens (tertiary/aromatic N) is 1. The number of rotatable bonds is 5. The summed E-state index contributed by atoms with van der Waals surface area (Å²) in [4.78, 5) is 5.94. The molecule has 96 valence electrons. The van der Waals surface area contributed by atoms with Crippen molar-refractivity contribution < 1.29 is 0 Å². The highest BCUT2D eigenvalue weighted by atomic mass is 32.1. The molecule has 0 fully saturated rings. The predicted octanol–water partition coefficient (Wildman–Crippen LogP) is 3.57. The van der Waals surface area contributed by atoms with Crippen LogP contribution >= 0.6 is 11.3 Å². The first-order valence-corrected chi connectivity index (χ1v) is 7.32. The Morgan fingerprint density at radius 1 is 1.17 bits per heavy atom. The summed E-state index contributed by atoms with van der Waals surface area (Å²) in [6.45, 7) is 4.94. The number of hydrogen-bond acceptors (Lipinski definition) is 3. The van der Waals surface area contributed by atoms with Crippen molar-refractivity contribution >= 4 is 11.3 Å². The van der Waals surface area contributed by atoms with Crippen LogP contribution in [0.3, 0.4) is 0 Å². The molecule has 1 aromatic heterocycles. The third-order valence-corrected chi connectivity index (χ3v) is 3.97. The zero-order chi connectivity index (χ0) is 13.0. The van der Waals surface area contributed by atoms with Crippen LogP contribution in [-0.2, 0) is 12.8 Å². The second-order valence-electron chi connectivity index (χ2n) is 4.49. The molecule has 0 atom stereocenters. The van der Waals surface area contributed by atoms with Crippen molar-refractivity contribution in [1.82, 2.24) is 4.98 Å². The first-order chi connectivity index (χ1) is 8.74. The molecule has 2 rings (SSSR count). The maximum atomic E-state index is 5.66. The number of thiazole rings is 1. The molecule has 0 saturated carbocycles. The van der Waals surface area contributed by atoms with E-state index in [-0.39, 0.29) is 0 Å². The van der Waals surface area contributed by atoms with Gasteiger partial charge in [-0.05, 0) is 31.9 Å². The average Bonchev–Trinajstić information content (AvgIpc) is 2.72. The first-order valence-electron chi connectivity index (χ1n) is 6.50. The van der Waals surface area contributed by atoms with Gasteiger partial charge in [0.1, 0.15) is 0 Å². The molecule has 0 amide bonds. The molecule has 0 radical (unpaired) electrons. The smallest absolute Gasteiger partial charge is 0.0904 e. The molecule has 0 aliphatic heterocycles. The van der Waals surface area contributed by atoms with Gasteiger partial charge in [0.25, 0.3) is 0 Å². The summed E-state index contributed by atoms with van der Waals surface area (Å²) < 4.78 is 0. The monoisotopic (exact) mass is 260 g/mol. The highest BCUT2D eigenvalue weighted by Gasteiger charge is 2.10. The number of aryl methyl sites for hydroxylation is 2. The number of nitrogens with two attached hydrogens (primary N) is 1. The van der Waals surface area contributed by atoms with Crippen molar-refractivity contribution in [3.63, 3.8) is 0 Å². The van der Waals surface area contributed by atoms with Crippen LogP contribution in [0.1, 0.15) is 28.8 Å². The van der Waals surface area contributed by atoms with Crippen molar-refractivity contribution in [2.45, 2.75) is 33.1 Å². The second kappa shape index (κ2) is 6.12. The summed E-state index contributed by atoms with van der Waals surface area (Å²) in [6.07, 6.45) is 3.25. The number of benzene rings is 1. The molecular weight excluding hydrogens is 240 g/mol. The van der Waals surface area contributed by atoms with Crippen LogP contribution in [0, 0.1) is 6.92 Å². The minimum absolute atomic E-state index is 0.683. The summed E-state index contributed by atoms with van der Waals surface area (Å²) in [5.41, 5.74) is 9.38. The lowest BCUT2D eigenvalue weighted by atomic mass is 10.0. The van der Waals surface area contributed by atoms with Crippen LogP contribution in [-0.4, -0.2) is 11.5 Å². The molecule has 18 heavy (non-hydrogen) atoms. The number of aromatic nitrogens is 1. The zero-order valence-corrected chi connectivity index (χ0v) is 11.9. The molecule has 2 aromatic rings. The SMILES string of the molecule is CCCc1ccc(-c2nc(C)sc2CCN)cc1. The van der Waals surface area contributed by atoms with E-state index >= 15 is 0 Å². The van der Waals surface area contributed by atoms with E-state index in [4.69, 9.17) is 5.73 Å². The molecule has 0 spiro atoms. The molecule has 3 heteroatoms. The van der Waals surface area contributed by atoms with Crippen molar-refractivity contribution in [1.29, 1.82) is 0 Å². The summed E-state index contributed by atoms with van der Waals surface area (Å²) in [5.74, 6) is 0. The Kier molecular flexibility index (Phi) is 4.50. The Labute approximate surface area is 113 Å². The van der Waals surface area contributed by atoms with Gasteiger partial charge < -0.3 is 5.73 Å². The van der Waals surface area contributed by atoms with Gasteiger partial charge in [-0.25, -0.2) is 4.98 Å². The third kappa shape index (κ3) is 2.98. The molecular formula is C15H20N2S. The normalized spacial score (nSPS) is 10.8. The Hall–Kier alpha value is -1.19. The van der Waals surface area contributed by atoms with Crippen LogP contribution in [0.25, 0.3) is 11.3 Å². The Morgan fingerprint density at radius 3 is 2.50 bits per heavy atom. The first kappa shape index (κ1) is 13.2. The highest BCUT2D eigenvalue weighted by Crippen LogP contribution is 2.28. The fourth-order valence-corrected chi connectivity index (χ4v) is 3.09. The van der Waals surface area contributed by atoms with E-state index in [1.807, 2.05) is 0 Å². The minimum Gasteiger partial charge on any atom is -0.330 e. The standard InChI is InChI=1S/C15H20N2S/c1-3-4-12-5-7-13(8-6-12)15-14(9-10-16)18-11(2)17-15/h5-8H,3-4,9-10,16H2,1-2H3. The van der Waals surface area contributed by atoms with Crippen LogP contribution in [0.15, 0.2) is 24.3 Å². The molecule has 1 aromatic carbocycles. The molecule has 2 N–H and O–H groups in total. The van der Waals surface area contributed by atoms with Gasteiger partial charge in [-0.3, -0.25) is 0 Å². The van der Waals surface area contributed by atoms with Gasteiger partial charge in [0.2, 0.25) is 0 Å². The minimum atomic E-state index is 0.683. The molecule has 1 heterocycles. The maximum absolute atomic E-state index is 5.66. The van der Waals surface area contributed by atoms with E-state index < -0.39 is 0 Å². The van der Waals surface area contributed by atoms with E-state index in [1.165, 1.54) is 22.4 Å². The van der Waals surface area contributed by atoms with Gasteiger partial charge in [-0.1, -0.05) is 37.6 Å². The van der Waals surface area contributed by atoms with Gasteiger partial charge in [0.15, 0.2) is 0 Å². The third-order valence-electron chi connectivity index (χ3n) is 2.94. The van der Waals surface area contributed by atoms with E-state index in [1.54, 1.807) is 11.3 Å². The van der Waals surface area contributed by atoms with Gasteiger partial charge in [0, 0.05) is 10.4 Å². The van der Waals surface area contributed by atoms with Crippen LogP contribution in [0.5, 0.6) is 0 Å². The lowest BCUT2D eigenvalue weighted by molar-refractivity contribution is 0.922. The molecule has 2 nitrogen and oxygen atoms in total. The van der Waals surface area contributed by atoms with Crippen molar-refractivity contribution in [3.05, 3.63) is 39.7 Å². The quantitative estimate of drug-likeness (QED) is 0.892. The van der Waals surface area contributed by atoms with E-state index in [9.17, 15) is 0 Å². The molecule has 0 aliphatic carbocycles. The Morgan fingerprint density at radius 2 is 1.89 bits per heavy atom. The van der Waals surface area contributed by atoms with Crippen molar-refractivity contribution in [3.8, 4) is 11.3 Å². The summed E-state index contributed by atoms with van der Waals surface area (Å²) in [7, 11) is 0. The van der Waals surface area contributed by atoms with Crippen molar-refractivity contribution in [2.75, 3.05) is 6.54 Å². The fraction of sp³-hybridized carbons (Fsp3) is 0.400. The van der Waals surface area contributed by atoms with Crippen LogP contribution in [0.4, 0.5) is 0 Å². The molecule has 0 bridgehead atoms. The Bertz CT molecular complexity index is 500. The van der Waals surface area contributed by atoms with Crippen molar-refractivity contribution in [2.24, 2.45) is 5.73 Å². The van der Waals surface area contributed by atoms with Gasteiger partial charge in [0.05, 0.1) is 10.7 Å². The second-order valence-corrected chi connectivity index (χ2v) is 5.78. The largest absolute Gasteiger partial charge is 0.330 e. The van der Waals surface area contributed by atoms with Gasteiger partial charge in [-0.15, -0.1) is 11.3 Å². The maximum Gasteiger partial charge on any atom is 0.0904 e. The summed E-state index contributed by atoms with van der Waals surface area (Å²) in [5, 5.41) is 1.12.